The molecular formula is C24H24ClN5O3. The Morgan fingerprint density at radius 2 is 2.03 bits per heavy atom. The molecule has 0 spiro atoms. The van der Waals surface area contributed by atoms with Crippen molar-refractivity contribution in [2.75, 3.05) is 20.2 Å². The van der Waals surface area contributed by atoms with E-state index >= 15 is 0 Å². The summed E-state index contributed by atoms with van der Waals surface area (Å²) in [5.41, 5.74) is 3.58. The van der Waals surface area contributed by atoms with E-state index in [1.54, 1.807) is 13.4 Å². The van der Waals surface area contributed by atoms with Gasteiger partial charge in [-0.1, -0.05) is 22.8 Å². The van der Waals surface area contributed by atoms with Crippen LogP contribution in [0, 0.1) is 0 Å². The summed E-state index contributed by atoms with van der Waals surface area (Å²) in [4.78, 5) is 23.3. The van der Waals surface area contributed by atoms with Gasteiger partial charge >= 0.3 is 0 Å². The maximum absolute atomic E-state index is 12.4. The fourth-order valence-electron chi connectivity index (χ4n) is 4.16. The minimum absolute atomic E-state index is 0.212. The molecule has 0 saturated carbocycles. The molecule has 170 valence electrons. The molecule has 1 saturated heterocycles. The number of methoxy groups -OCH3 is 1. The number of carbonyl (C=O) groups is 1. The summed E-state index contributed by atoms with van der Waals surface area (Å²) in [5.74, 6) is 1.84. The fraction of sp³-hybridized carbons (Fsp3) is 0.333. The van der Waals surface area contributed by atoms with Gasteiger partial charge in [-0.3, -0.25) is 4.79 Å². The predicted octanol–water partition coefficient (Wildman–Crippen LogP) is 4.35. The lowest BCUT2D eigenvalue weighted by Gasteiger charge is -2.15. The molecule has 9 heteroatoms. The van der Waals surface area contributed by atoms with Crippen LogP contribution in [0.25, 0.3) is 22.4 Å². The van der Waals surface area contributed by atoms with Crippen LogP contribution in [-0.2, 0) is 17.8 Å². The van der Waals surface area contributed by atoms with Crippen LogP contribution in [0.3, 0.4) is 0 Å². The van der Waals surface area contributed by atoms with Crippen LogP contribution in [0.1, 0.15) is 30.7 Å². The van der Waals surface area contributed by atoms with Crippen molar-refractivity contribution in [1.82, 2.24) is 24.6 Å². The van der Waals surface area contributed by atoms with E-state index in [-0.39, 0.29) is 5.91 Å². The summed E-state index contributed by atoms with van der Waals surface area (Å²) >= 11 is 6.21. The number of imidazole rings is 1. The summed E-state index contributed by atoms with van der Waals surface area (Å²) in [7, 11) is 1.58. The lowest BCUT2D eigenvalue weighted by Crippen LogP contribution is -2.28. The summed E-state index contributed by atoms with van der Waals surface area (Å²) in [6.07, 6.45) is 4.94. The van der Waals surface area contributed by atoms with E-state index in [0.717, 1.165) is 48.1 Å². The van der Waals surface area contributed by atoms with E-state index in [1.807, 2.05) is 45.9 Å². The number of fused-ring (bicyclic) bond motifs is 1. The molecule has 1 fully saturated rings. The van der Waals surface area contributed by atoms with Crippen molar-refractivity contribution in [1.29, 1.82) is 0 Å². The number of likely N-dealkylation sites (tertiary alicyclic amines) is 1. The monoisotopic (exact) mass is 465 g/mol. The highest BCUT2D eigenvalue weighted by Crippen LogP contribution is 2.27. The number of aromatic nitrogens is 4. The summed E-state index contributed by atoms with van der Waals surface area (Å²) in [6.45, 7) is 2.37. The van der Waals surface area contributed by atoms with Gasteiger partial charge in [-0.25, -0.2) is 4.98 Å². The molecule has 33 heavy (non-hydrogen) atoms. The second-order valence-electron chi connectivity index (χ2n) is 8.14. The molecule has 0 atom stereocenters. The average molecular weight is 466 g/mol. The zero-order chi connectivity index (χ0) is 22.8. The Kier molecular flexibility index (Phi) is 6.00. The molecule has 4 aromatic rings. The molecule has 1 aliphatic heterocycles. The summed E-state index contributed by atoms with van der Waals surface area (Å²) in [5, 5.41) is 4.67. The third-order valence-corrected chi connectivity index (χ3v) is 6.24. The van der Waals surface area contributed by atoms with Gasteiger partial charge in [-0.15, -0.1) is 0 Å². The lowest BCUT2D eigenvalue weighted by atomic mass is 10.1. The van der Waals surface area contributed by atoms with E-state index in [4.69, 9.17) is 20.9 Å². The van der Waals surface area contributed by atoms with Crippen LogP contribution in [-0.4, -0.2) is 50.7 Å². The van der Waals surface area contributed by atoms with E-state index in [0.29, 0.717) is 41.9 Å². The van der Waals surface area contributed by atoms with Crippen LogP contribution >= 0.6 is 11.6 Å². The van der Waals surface area contributed by atoms with Crippen LogP contribution in [0.15, 0.2) is 47.2 Å². The zero-order valence-electron chi connectivity index (χ0n) is 18.3. The molecule has 1 aliphatic rings. The first kappa shape index (κ1) is 21.5. The second-order valence-corrected chi connectivity index (χ2v) is 8.54. The number of ether oxygens (including phenoxy) is 1. The number of amides is 1. The molecule has 2 aromatic heterocycles. The minimum atomic E-state index is 0.212. The highest BCUT2D eigenvalue weighted by molar-refractivity contribution is 6.32. The molecule has 0 unspecified atom stereocenters. The Balaban J connectivity index is 1.28. The number of rotatable bonds is 7. The van der Waals surface area contributed by atoms with Crippen molar-refractivity contribution in [3.63, 3.8) is 0 Å². The zero-order valence-corrected chi connectivity index (χ0v) is 19.1. The van der Waals surface area contributed by atoms with E-state index < -0.39 is 0 Å². The number of aryl methyl sites for hydroxylation is 1. The smallest absolute Gasteiger partial charge is 0.231 e. The molecule has 3 heterocycles. The van der Waals surface area contributed by atoms with Crippen LogP contribution < -0.4 is 4.74 Å². The van der Waals surface area contributed by atoms with E-state index in [2.05, 4.69) is 15.1 Å². The minimum Gasteiger partial charge on any atom is -0.495 e. The first-order valence-electron chi connectivity index (χ1n) is 11.0. The molecule has 0 N–H and O–H groups in total. The third kappa shape index (κ3) is 4.57. The number of hydrogen-bond donors (Lipinski definition) is 0. The van der Waals surface area contributed by atoms with Gasteiger partial charge < -0.3 is 18.7 Å². The van der Waals surface area contributed by atoms with Crippen molar-refractivity contribution in [3.8, 4) is 17.1 Å². The Morgan fingerprint density at radius 1 is 1.18 bits per heavy atom. The SMILES string of the molecule is COc1ccc(Cc2nc(-c3ccc4c(c3)ncn4CCC(=O)N3CCCC3)no2)cc1Cl. The van der Waals surface area contributed by atoms with Gasteiger partial charge in [0.15, 0.2) is 0 Å². The van der Waals surface area contributed by atoms with Gasteiger partial charge in [0.05, 0.1) is 35.9 Å². The van der Waals surface area contributed by atoms with Crippen LogP contribution in [0.5, 0.6) is 5.75 Å². The third-order valence-electron chi connectivity index (χ3n) is 5.94. The Morgan fingerprint density at radius 3 is 2.82 bits per heavy atom. The predicted molar refractivity (Wildman–Crippen MR) is 124 cm³/mol. The molecule has 0 radical (unpaired) electrons. The quantitative estimate of drug-likeness (QED) is 0.403. The Labute approximate surface area is 196 Å². The number of nitrogens with zero attached hydrogens (tertiary/aromatic N) is 5. The molecule has 5 rings (SSSR count). The number of halogens is 1. The lowest BCUT2D eigenvalue weighted by molar-refractivity contribution is -0.130. The highest BCUT2D eigenvalue weighted by Gasteiger charge is 2.18. The van der Waals surface area contributed by atoms with Crippen LogP contribution in [0.2, 0.25) is 5.02 Å². The standard InChI is InChI=1S/C24H24ClN5O3/c1-32-21-7-4-16(12-18(21)25)13-22-27-24(28-33-22)17-5-6-20-19(14-17)26-15-30(20)11-8-23(31)29-9-2-3-10-29/h4-7,12,14-15H,2-3,8-11,13H2,1H3. The van der Waals surface area contributed by atoms with Gasteiger partial charge in [-0.05, 0) is 48.7 Å². The van der Waals surface area contributed by atoms with Gasteiger partial charge in [0, 0.05) is 31.6 Å². The molecular weight excluding hydrogens is 442 g/mol. The summed E-state index contributed by atoms with van der Waals surface area (Å²) in [6, 6.07) is 11.4. The van der Waals surface area contributed by atoms with Gasteiger partial charge in [0.2, 0.25) is 17.6 Å². The number of hydrogen-bond acceptors (Lipinski definition) is 6. The first-order chi connectivity index (χ1) is 16.1. The van der Waals surface area contributed by atoms with Crippen molar-refractivity contribution in [2.45, 2.75) is 32.2 Å². The second kappa shape index (κ2) is 9.23. The Hall–Kier alpha value is -3.39. The molecule has 8 nitrogen and oxygen atoms in total. The average Bonchev–Trinajstić information content (AvgIpc) is 3.58. The van der Waals surface area contributed by atoms with Crippen LogP contribution in [0.4, 0.5) is 0 Å². The normalized spacial score (nSPS) is 13.7. The van der Waals surface area contributed by atoms with E-state index in [9.17, 15) is 4.79 Å². The van der Waals surface area contributed by atoms with Crippen molar-refractivity contribution >= 4 is 28.5 Å². The van der Waals surface area contributed by atoms with Gasteiger partial charge in [0.25, 0.3) is 0 Å². The van der Waals surface area contributed by atoms with E-state index in [1.165, 1.54) is 0 Å². The molecule has 0 aliphatic carbocycles. The molecule has 0 bridgehead atoms. The fourth-order valence-corrected chi connectivity index (χ4v) is 4.44. The van der Waals surface area contributed by atoms with Crippen molar-refractivity contribution < 1.29 is 14.1 Å². The largest absolute Gasteiger partial charge is 0.495 e. The first-order valence-corrected chi connectivity index (χ1v) is 11.4. The molecule has 2 aromatic carbocycles. The highest BCUT2D eigenvalue weighted by atomic mass is 35.5. The summed E-state index contributed by atoms with van der Waals surface area (Å²) < 4.78 is 12.7. The van der Waals surface area contributed by atoms with Gasteiger partial charge in [0.1, 0.15) is 5.75 Å². The maximum atomic E-state index is 12.4. The number of benzene rings is 2. The van der Waals surface area contributed by atoms with Crippen molar-refractivity contribution in [2.24, 2.45) is 0 Å². The maximum Gasteiger partial charge on any atom is 0.231 e. The Bertz CT molecular complexity index is 1290. The number of carbonyl (C=O) groups excluding carboxylic acids is 1. The van der Waals surface area contributed by atoms with Crippen molar-refractivity contribution in [3.05, 3.63) is 59.2 Å². The van der Waals surface area contributed by atoms with Gasteiger partial charge in [-0.2, -0.15) is 4.98 Å². The molecule has 1 amide bonds. The topological polar surface area (TPSA) is 86.3 Å².